The third-order valence-electron chi connectivity index (χ3n) is 4.30. The Hall–Kier alpha value is -1.39. The van der Waals surface area contributed by atoms with Crippen molar-refractivity contribution in [2.75, 3.05) is 26.2 Å². The van der Waals surface area contributed by atoms with Gasteiger partial charge in [-0.1, -0.05) is 24.3 Å². The molecule has 1 aromatic rings. The number of nitrogens with zero attached hydrogens (tertiary/aromatic N) is 1. The number of rotatable bonds is 5. The van der Waals surface area contributed by atoms with Crippen LogP contribution in [0.25, 0.3) is 0 Å². The molecule has 1 aliphatic heterocycles. The molecule has 3 rings (SSSR count). The number of esters is 1. The summed E-state index contributed by atoms with van der Waals surface area (Å²) in [5.41, 5.74) is 2.76. The van der Waals surface area contributed by atoms with Crippen molar-refractivity contribution in [3.63, 3.8) is 0 Å². The van der Waals surface area contributed by atoms with E-state index in [9.17, 15) is 4.79 Å². The Morgan fingerprint density at radius 3 is 3.05 bits per heavy atom. The molecule has 0 amide bonds. The predicted molar refractivity (Wildman–Crippen MR) is 82.1 cm³/mol. The highest BCUT2D eigenvalue weighted by Crippen LogP contribution is 2.40. The first kappa shape index (κ1) is 14.5. The molecule has 0 radical (unpaired) electrons. The maximum Gasteiger partial charge on any atom is 0.324 e. The summed E-state index contributed by atoms with van der Waals surface area (Å²) in [5.74, 6) is 0.664. The van der Waals surface area contributed by atoms with Crippen LogP contribution in [-0.2, 0) is 16.1 Å². The Bertz CT molecular complexity index is 499. The molecule has 1 saturated carbocycles. The molecule has 0 aromatic heterocycles. The van der Waals surface area contributed by atoms with Gasteiger partial charge in [0.15, 0.2) is 0 Å². The van der Waals surface area contributed by atoms with E-state index in [0.717, 1.165) is 25.6 Å². The number of carbonyl (C=O) groups excluding carboxylic acids is 1. The van der Waals surface area contributed by atoms with Gasteiger partial charge in [0.05, 0.1) is 6.61 Å². The summed E-state index contributed by atoms with van der Waals surface area (Å²) in [6.07, 6.45) is 2.64. The van der Waals surface area contributed by atoms with Crippen LogP contribution in [0.15, 0.2) is 24.3 Å². The number of nitrogens with one attached hydrogen (secondary N) is 1. The molecule has 0 bridgehead atoms. The molecule has 1 aromatic carbocycles. The fourth-order valence-electron chi connectivity index (χ4n) is 3.00. The van der Waals surface area contributed by atoms with E-state index in [0.29, 0.717) is 13.2 Å². The van der Waals surface area contributed by atoms with Crippen molar-refractivity contribution in [3.8, 4) is 0 Å². The van der Waals surface area contributed by atoms with Crippen molar-refractivity contribution in [1.29, 1.82) is 0 Å². The zero-order valence-corrected chi connectivity index (χ0v) is 12.7. The number of hydrogen-bond acceptors (Lipinski definition) is 4. The van der Waals surface area contributed by atoms with E-state index in [1.165, 1.54) is 24.0 Å². The molecule has 1 saturated heterocycles. The molecule has 1 atom stereocenters. The molecule has 1 aliphatic carbocycles. The van der Waals surface area contributed by atoms with Crippen molar-refractivity contribution in [2.45, 2.75) is 38.3 Å². The highest BCUT2D eigenvalue weighted by molar-refractivity contribution is 5.76. The average Bonchev–Trinajstić information content (AvgIpc) is 3.33. The molecule has 2 aliphatic rings. The zero-order valence-electron chi connectivity index (χ0n) is 12.7. The van der Waals surface area contributed by atoms with Crippen LogP contribution < -0.4 is 5.32 Å². The Balaban J connectivity index is 1.68. The third kappa shape index (κ3) is 3.63. The minimum atomic E-state index is -0.164. The van der Waals surface area contributed by atoms with Crippen LogP contribution in [0.5, 0.6) is 0 Å². The summed E-state index contributed by atoms with van der Waals surface area (Å²) in [6, 6.07) is 8.67. The SMILES string of the molecule is CCOC(=O)C1CNCCN1Cc1cccc(C2CC2)c1. The molecular weight excluding hydrogens is 264 g/mol. The molecule has 4 heteroatoms. The molecule has 114 valence electrons. The molecule has 0 spiro atoms. The van der Waals surface area contributed by atoms with Crippen LogP contribution in [0.3, 0.4) is 0 Å². The third-order valence-corrected chi connectivity index (χ3v) is 4.30. The van der Waals surface area contributed by atoms with E-state index in [1.54, 1.807) is 0 Å². The van der Waals surface area contributed by atoms with Crippen LogP contribution in [0.4, 0.5) is 0 Å². The summed E-state index contributed by atoms with van der Waals surface area (Å²) >= 11 is 0. The van der Waals surface area contributed by atoms with Crippen molar-refractivity contribution in [3.05, 3.63) is 35.4 Å². The van der Waals surface area contributed by atoms with Gasteiger partial charge in [-0.05, 0) is 36.8 Å². The van der Waals surface area contributed by atoms with Crippen LogP contribution in [0.1, 0.15) is 36.8 Å². The van der Waals surface area contributed by atoms with Gasteiger partial charge in [0, 0.05) is 26.2 Å². The molecule has 1 unspecified atom stereocenters. The Morgan fingerprint density at radius 1 is 1.43 bits per heavy atom. The van der Waals surface area contributed by atoms with Crippen molar-refractivity contribution < 1.29 is 9.53 Å². The lowest BCUT2D eigenvalue weighted by Crippen LogP contribution is -2.54. The van der Waals surface area contributed by atoms with Gasteiger partial charge in [-0.2, -0.15) is 0 Å². The topological polar surface area (TPSA) is 41.6 Å². The van der Waals surface area contributed by atoms with E-state index >= 15 is 0 Å². The van der Waals surface area contributed by atoms with Gasteiger partial charge < -0.3 is 10.1 Å². The van der Waals surface area contributed by atoms with E-state index in [2.05, 4.69) is 34.5 Å². The smallest absolute Gasteiger partial charge is 0.324 e. The van der Waals surface area contributed by atoms with Crippen LogP contribution in [0.2, 0.25) is 0 Å². The van der Waals surface area contributed by atoms with E-state index in [-0.39, 0.29) is 12.0 Å². The maximum absolute atomic E-state index is 12.1. The maximum atomic E-state index is 12.1. The molecular formula is C17H24N2O2. The monoisotopic (exact) mass is 288 g/mol. The Kier molecular flexibility index (Phi) is 4.56. The van der Waals surface area contributed by atoms with Crippen molar-refractivity contribution in [2.24, 2.45) is 0 Å². The first-order chi connectivity index (χ1) is 10.3. The fourth-order valence-corrected chi connectivity index (χ4v) is 3.00. The van der Waals surface area contributed by atoms with Crippen LogP contribution >= 0.6 is 0 Å². The molecule has 4 nitrogen and oxygen atoms in total. The van der Waals surface area contributed by atoms with Gasteiger partial charge in [-0.15, -0.1) is 0 Å². The normalized spacial score (nSPS) is 23.0. The predicted octanol–water partition coefficient (Wildman–Crippen LogP) is 1.90. The minimum absolute atomic E-state index is 0.108. The van der Waals surface area contributed by atoms with Gasteiger partial charge in [0.1, 0.15) is 6.04 Å². The van der Waals surface area contributed by atoms with E-state index in [1.807, 2.05) is 6.92 Å². The summed E-state index contributed by atoms with van der Waals surface area (Å²) in [6.45, 7) is 5.63. The van der Waals surface area contributed by atoms with Gasteiger partial charge >= 0.3 is 5.97 Å². The summed E-state index contributed by atoms with van der Waals surface area (Å²) in [4.78, 5) is 14.3. The van der Waals surface area contributed by atoms with Gasteiger partial charge in [-0.25, -0.2) is 0 Å². The lowest BCUT2D eigenvalue weighted by atomic mass is 10.1. The Morgan fingerprint density at radius 2 is 2.29 bits per heavy atom. The van der Waals surface area contributed by atoms with Gasteiger partial charge in [0.25, 0.3) is 0 Å². The Labute approximate surface area is 126 Å². The first-order valence-corrected chi connectivity index (χ1v) is 7.98. The summed E-state index contributed by atoms with van der Waals surface area (Å²) in [5, 5.41) is 3.29. The largest absolute Gasteiger partial charge is 0.465 e. The first-order valence-electron chi connectivity index (χ1n) is 7.98. The molecule has 21 heavy (non-hydrogen) atoms. The molecule has 2 fully saturated rings. The van der Waals surface area contributed by atoms with E-state index in [4.69, 9.17) is 4.74 Å². The minimum Gasteiger partial charge on any atom is -0.465 e. The number of piperazine rings is 1. The zero-order chi connectivity index (χ0) is 14.7. The molecule has 1 heterocycles. The standard InChI is InChI=1S/C17H24N2O2/c1-2-21-17(20)16-11-18-8-9-19(16)12-13-4-3-5-15(10-13)14-6-7-14/h3-5,10,14,16,18H,2,6-9,11-12H2,1H3. The van der Waals surface area contributed by atoms with Crippen molar-refractivity contribution >= 4 is 5.97 Å². The highest BCUT2D eigenvalue weighted by atomic mass is 16.5. The number of ether oxygens (including phenoxy) is 1. The summed E-state index contributed by atoms with van der Waals surface area (Å²) < 4.78 is 5.20. The number of hydrogen-bond donors (Lipinski definition) is 1. The molecule has 1 N–H and O–H groups in total. The van der Waals surface area contributed by atoms with Crippen LogP contribution in [-0.4, -0.2) is 43.2 Å². The number of benzene rings is 1. The van der Waals surface area contributed by atoms with E-state index < -0.39 is 0 Å². The quantitative estimate of drug-likeness (QED) is 0.840. The van der Waals surface area contributed by atoms with Gasteiger partial charge in [0.2, 0.25) is 0 Å². The fraction of sp³-hybridized carbons (Fsp3) is 0.588. The average molecular weight is 288 g/mol. The summed E-state index contributed by atoms with van der Waals surface area (Å²) in [7, 11) is 0. The second-order valence-electron chi connectivity index (χ2n) is 5.96. The highest BCUT2D eigenvalue weighted by Gasteiger charge is 2.30. The van der Waals surface area contributed by atoms with Gasteiger partial charge in [-0.3, -0.25) is 9.69 Å². The van der Waals surface area contributed by atoms with Crippen molar-refractivity contribution in [1.82, 2.24) is 10.2 Å². The lowest BCUT2D eigenvalue weighted by Gasteiger charge is -2.34. The number of carbonyl (C=O) groups is 1. The van der Waals surface area contributed by atoms with Crippen LogP contribution in [0, 0.1) is 0 Å². The second-order valence-corrected chi connectivity index (χ2v) is 5.96. The second kappa shape index (κ2) is 6.58. The lowest BCUT2D eigenvalue weighted by molar-refractivity contribution is -0.150.